The van der Waals surface area contributed by atoms with E-state index in [9.17, 15) is 4.79 Å². The predicted octanol–water partition coefficient (Wildman–Crippen LogP) is 2.84. The highest BCUT2D eigenvalue weighted by molar-refractivity contribution is 5.94. The van der Waals surface area contributed by atoms with Crippen LogP contribution in [0.2, 0.25) is 0 Å². The Bertz CT molecular complexity index is 912. The summed E-state index contributed by atoms with van der Waals surface area (Å²) >= 11 is 0. The summed E-state index contributed by atoms with van der Waals surface area (Å²) in [5.41, 5.74) is 4.73. The van der Waals surface area contributed by atoms with Crippen LogP contribution in [0, 0.1) is 13.8 Å². The number of likely N-dealkylation sites (N-methyl/N-ethyl adjacent to an activating group) is 1. The fourth-order valence-electron chi connectivity index (χ4n) is 2.94. The van der Waals surface area contributed by atoms with E-state index in [0.29, 0.717) is 17.9 Å². The monoisotopic (exact) mass is 364 g/mol. The van der Waals surface area contributed by atoms with E-state index in [-0.39, 0.29) is 5.91 Å². The maximum atomic E-state index is 12.7. The van der Waals surface area contributed by atoms with Crippen LogP contribution in [0.1, 0.15) is 27.3 Å². The molecule has 0 aliphatic heterocycles. The Labute approximate surface area is 158 Å². The highest BCUT2D eigenvalue weighted by atomic mass is 16.2. The number of amides is 1. The van der Waals surface area contributed by atoms with Crippen LogP contribution in [0.3, 0.4) is 0 Å². The minimum atomic E-state index is -0.00903. The molecule has 0 fully saturated rings. The molecule has 0 aliphatic rings. The fourth-order valence-corrected chi connectivity index (χ4v) is 2.94. The van der Waals surface area contributed by atoms with E-state index in [0.717, 1.165) is 29.2 Å². The summed E-state index contributed by atoms with van der Waals surface area (Å²) in [5.74, 6) is 1.37. The van der Waals surface area contributed by atoms with E-state index in [4.69, 9.17) is 0 Å². The molecule has 0 radical (unpaired) electrons. The molecule has 3 rings (SSSR count). The average molecular weight is 364 g/mol. The third-order valence-electron chi connectivity index (χ3n) is 4.63. The van der Waals surface area contributed by atoms with Gasteiger partial charge in [0.1, 0.15) is 5.82 Å². The third kappa shape index (κ3) is 4.13. The van der Waals surface area contributed by atoms with Gasteiger partial charge in [0, 0.05) is 43.7 Å². The zero-order chi connectivity index (χ0) is 19.4. The summed E-state index contributed by atoms with van der Waals surface area (Å²) in [6, 6.07) is 9.19. The van der Waals surface area contributed by atoms with Crippen molar-refractivity contribution in [3.8, 4) is 11.4 Å². The Balaban J connectivity index is 1.67. The summed E-state index contributed by atoms with van der Waals surface area (Å²) in [6.07, 6.45) is 2.49. The molecule has 140 valence electrons. The van der Waals surface area contributed by atoms with E-state index in [2.05, 4.69) is 25.5 Å². The van der Waals surface area contributed by atoms with Crippen molar-refractivity contribution in [1.82, 2.24) is 25.1 Å². The summed E-state index contributed by atoms with van der Waals surface area (Å²) in [5, 5.41) is 10.2. The lowest BCUT2D eigenvalue weighted by Gasteiger charge is -2.17. The Morgan fingerprint density at radius 3 is 2.56 bits per heavy atom. The summed E-state index contributed by atoms with van der Waals surface area (Å²) in [7, 11) is 3.64. The second-order valence-electron chi connectivity index (χ2n) is 6.48. The maximum absolute atomic E-state index is 12.7. The number of aryl methyl sites for hydroxylation is 2. The number of H-pyrrole nitrogens is 1. The first-order chi connectivity index (χ1) is 13.0. The van der Waals surface area contributed by atoms with Crippen LogP contribution >= 0.6 is 0 Å². The number of hydrogen-bond acceptors (Lipinski definition) is 5. The topological polar surface area (TPSA) is 86.8 Å². The van der Waals surface area contributed by atoms with E-state index >= 15 is 0 Å². The van der Waals surface area contributed by atoms with Gasteiger partial charge in [-0.1, -0.05) is 12.1 Å². The lowest BCUT2D eigenvalue weighted by molar-refractivity contribution is 0.0796. The van der Waals surface area contributed by atoms with Gasteiger partial charge in [0.2, 0.25) is 0 Å². The number of carbonyl (C=O) groups is 1. The third-order valence-corrected chi connectivity index (χ3v) is 4.63. The lowest BCUT2D eigenvalue weighted by atomic mass is 10.1. The molecule has 0 spiro atoms. The molecule has 2 aromatic heterocycles. The standard InChI is InChI=1S/C20H24N6O/c1-13-17(14(2)25-24-13)10-12-26(4)20(27)16-7-5-15(6-8-16)19-22-11-9-18(21-3)23-19/h5-9,11H,10,12H2,1-4H3,(H,24,25)(H,21,22,23). The zero-order valence-corrected chi connectivity index (χ0v) is 16.1. The first-order valence-electron chi connectivity index (χ1n) is 8.86. The molecular weight excluding hydrogens is 340 g/mol. The fraction of sp³-hybridized carbons (Fsp3) is 0.300. The van der Waals surface area contributed by atoms with Crippen molar-refractivity contribution in [3.05, 3.63) is 59.0 Å². The molecule has 0 atom stereocenters. The number of hydrogen-bond donors (Lipinski definition) is 2. The average Bonchev–Trinajstić information content (AvgIpc) is 3.03. The molecule has 7 nitrogen and oxygen atoms in total. The first-order valence-corrected chi connectivity index (χ1v) is 8.86. The van der Waals surface area contributed by atoms with Crippen molar-refractivity contribution in [1.29, 1.82) is 0 Å². The Kier molecular flexibility index (Phi) is 5.49. The van der Waals surface area contributed by atoms with Crippen LogP contribution in [0.25, 0.3) is 11.4 Å². The van der Waals surface area contributed by atoms with E-state index in [1.165, 1.54) is 5.56 Å². The Morgan fingerprint density at radius 2 is 1.93 bits per heavy atom. The summed E-state index contributed by atoms with van der Waals surface area (Å²) in [4.78, 5) is 23.1. The minimum Gasteiger partial charge on any atom is -0.373 e. The van der Waals surface area contributed by atoms with Gasteiger partial charge in [-0.3, -0.25) is 9.89 Å². The molecule has 2 N–H and O–H groups in total. The number of aromatic amines is 1. The number of benzene rings is 1. The smallest absolute Gasteiger partial charge is 0.253 e. The second-order valence-corrected chi connectivity index (χ2v) is 6.48. The minimum absolute atomic E-state index is 0.00903. The van der Waals surface area contributed by atoms with Crippen molar-refractivity contribution < 1.29 is 4.79 Å². The van der Waals surface area contributed by atoms with Crippen molar-refractivity contribution in [2.24, 2.45) is 0 Å². The Morgan fingerprint density at radius 1 is 1.19 bits per heavy atom. The van der Waals surface area contributed by atoms with Gasteiger partial charge in [0.25, 0.3) is 5.91 Å². The zero-order valence-electron chi connectivity index (χ0n) is 16.1. The molecule has 1 aromatic carbocycles. The first kappa shape index (κ1) is 18.6. The number of anilines is 1. The van der Waals surface area contributed by atoms with E-state index < -0.39 is 0 Å². The van der Waals surface area contributed by atoms with Gasteiger partial charge in [0.05, 0.1) is 5.69 Å². The van der Waals surface area contributed by atoms with Crippen LogP contribution in [-0.2, 0) is 6.42 Å². The number of nitrogens with zero attached hydrogens (tertiary/aromatic N) is 4. The van der Waals surface area contributed by atoms with Crippen LogP contribution in [0.15, 0.2) is 36.5 Å². The molecule has 0 unspecified atom stereocenters. The molecule has 0 saturated carbocycles. The molecule has 27 heavy (non-hydrogen) atoms. The molecule has 0 aliphatic carbocycles. The number of nitrogens with one attached hydrogen (secondary N) is 2. The van der Waals surface area contributed by atoms with Crippen molar-refractivity contribution in [2.45, 2.75) is 20.3 Å². The second kappa shape index (κ2) is 7.99. The highest BCUT2D eigenvalue weighted by Gasteiger charge is 2.14. The number of rotatable bonds is 6. The van der Waals surface area contributed by atoms with Gasteiger partial charge in [-0.05, 0) is 44.0 Å². The van der Waals surface area contributed by atoms with Crippen molar-refractivity contribution in [3.63, 3.8) is 0 Å². The van der Waals surface area contributed by atoms with Crippen LogP contribution < -0.4 is 5.32 Å². The Hall–Kier alpha value is -3.22. The van der Waals surface area contributed by atoms with Crippen molar-refractivity contribution >= 4 is 11.7 Å². The SMILES string of the molecule is CNc1ccnc(-c2ccc(C(=O)N(C)CCc3c(C)n[nH]c3C)cc2)n1. The van der Waals surface area contributed by atoms with Crippen LogP contribution in [0.5, 0.6) is 0 Å². The largest absolute Gasteiger partial charge is 0.373 e. The predicted molar refractivity (Wildman–Crippen MR) is 106 cm³/mol. The molecule has 2 heterocycles. The van der Waals surface area contributed by atoms with Gasteiger partial charge in [-0.2, -0.15) is 5.10 Å². The van der Waals surface area contributed by atoms with Gasteiger partial charge in [0.15, 0.2) is 5.82 Å². The van der Waals surface area contributed by atoms with Gasteiger partial charge in [-0.15, -0.1) is 0 Å². The molecule has 0 saturated heterocycles. The quantitative estimate of drug-likeness (QED) is 0.702. The lowest BCUT2D eigenvalue weighted by Crippen LogP contribution is -2.29. The molecule has 3 aromatic rings. The van der Waals surface area contributed by atoms with Gasteiger partial charge in [-0.25, -0.2) is 9.97 Å². The van der Waals surface area contributed by atoms with Crippen LogP contribution in [0.4, 0.5) is 5.82 Å². The normalized spacial score (nSPS) is 10.7. The maximum Gasteiger partial charge on any atom is 0.253 e. The van der Waals surface area contributed by atoms with Crippen molar-refractivity contribution in [2.75, 3.05) is 26.0 Å². The molecule has 1 amide bonds. The summed E-state index contributed by atoms with van der Waals surface area (Å²) in [6.45, 7) is 4.61. The molecular formula is C20H24N6O. The number of carbonyl (C=O) groups excluding carboxylic acids is 1. The van der Waals surface area contributed by atoms with Gasteiger partial charge >= 0.3 is 0 Å². The van der Waals surface area contributed by atoms with Crippen LogP contribution in [-0.4, -0.2) is 51.6 Å². The molecule has 0 bridgehead atoms. The molecule has 7 heteroatoms. The number of aromatic nitrogens is 4. The van der Waals surface area contributed by atoms with Gasteiger partial charge < -0.3 is 10.2 Å². The van der Waals surface area contributed by atoms with E-state index in [1.54, 1.807) is 17.2 Å². The summed E-state index contributed by atoms with van der Waals surface area (Å²) < 4.78 is 0. The highest BCUT2D eigenvalue weighted by Crippen LogP contribution is 2.18. The van der Waals surface area contributed by atoms with E-state index in [1.807, 2.05) is 52.2 Å².